The van der Waals surface area contributed by atoms with Gasteiger partial charge in [-0.3, -0.25) is 4.79 Å². The molecule has 4 N–H and O–H groups in total. The van der Waals surface area contributed by atoms with Crippen molar-refractivity contribution in [2.75, 3.05) is 10.7 Å². The lowest BCUT2D eigenvalue weighted by Crippen LogP contribution is -2.18. The first-order valence-corrected chi connectivity index (χ1v) is 5.58. The second kappa shape index (κ2) is 5.77. The Morgan fingerprint density at radius 1 is 1.40 bits per heavy atom. The molecule has 1 amide bonds. The van der Waals surface area contributed by atoms with E-state index in [4.69, 9.17) is 11.1 Å². The molecule has 2 aromatic rings. The zero-order valence-corrected chi connectivity index (χ0v) is 10.2. The molecule has 100 valence electrons. The minimum Gasteiger partial charge on any atom is -0.322 e. The summed E-state index contributed by atoms with van der Waals surface area (Å²) < 4.78 is 13.2. The van der Waals surface area contributed by atoms with E-state index in [0.717, 1.165) is 6.07 Å². The van der Waals surface area contributed by atoms with E-state index in [1.165, 1.54) is 24.4 Å². The number of nitrogens with one attached hydrogen (secondary N) is 2. The maximum Gasteiger partial charge on any atom is 0.259 e. The molecule has 6 nitrogen and oxygen atoms in total. The van der Waals surface area contributed by atoms with Gasteiger partial charge in [0, 0.05) is 11.9 Å². The number of amides is 1. The van der Waals surface area contributed by atoms with E-state index in [2.05, 4.69) is 15.7 Å². The zero-order chi connectivity index (χ0) is 14.5. The number of nitrogen functional groups attached to an aromatic ring is 1. The van der Waals surface area contributed by atoms with Crippen LogP contribution in [0.3, 0.4) is 0 Å². The van der Waals surface area contributed by atoms with E-state index in [1.807, 2.05) is 0 Å². The van der Waals surface area contributed by atoms with E-state index in [9.17, 15) is 9.18 Å². The summed E-state index contributed by atoms with van der Waals surface area (Å²) in [6.45, 7) is 0. The van der Waals surface area contributed by atoms with Crippen LogP contribution in [0.2, 0.25) is 0 Å². The fourth-order valence-electron chi connectivity index (χ4n) is 1.59. The second-order valence-corrected chi connectivity index (χ2v) is 3.80. The van der Waals surface area contributed by atoms with Gasteiger partial charge in [0.15, 0.2) is 5.82 Å². The van der Waals surface area contributed by atoms with Crippen molar-refractivity contribution in [3.8, 4) is 6.07 Å². The van der Waals surface area contributed by atoms with Gasteiger partial charge >= 0.3 is 0 Å². The molecule has 2 rings (SSSR count). The van der Waals surface area contributed by atoms with E-state index in [-0.39, 0.29) is 16.9 Å². The van der Waals surface area contributed by atoms with Crippen LogP contribution in [0, 0.1) is 17.1 Å². The normalized spacial score (nSPS) is 9.65. The summed E-state index contributed by atoms with van der Waals surface area (Å²) in [5, 5.41) is 11.3. The fourth-order valence-corrected chi connectivity index (χ4v) is 1.59. The lowest BCUT2D eigenvalue weighted by atomic mass is 10.2. The Morgan fingerprint density at radius 3 is 2.90 bits per heavy atom. The maximum absolute atomic E-state index is 13.2. The minimum atomic E-state index is -0.642. The number of anilines is 2. The summed E-state index contributed by atoms with van der Waals surface area (Å²) in [6, 6.07) is 8.54. The average Bonchev–Trinajstić information content (AvgIpc) is 2.49. The number of carbonyl (C=O) groups excluding carboxylic acids is 1. The lowest BCUT2D eigenvalue weighted by Gasteiger charge is -2.08. The summed E-state index contributed by atoms with van der Waals surface area (Å²) in [4.78, 5) is 16.0. The Morgan fingerprint density at radius 2 is 2.20 bits per heavy atom. The van der Waals surface area contributed by atoms with Crippen LogP contribution in [0.1, 0.15) is 15.9 Å². The Hall–Kier alpha value is -2.98. The van der Waals surface area contributed by atoms with Gasteiger partial charge in [-0.25, -0.2) is 15.2 Å². The molecule has 7 heteroatoms. The Bertz CT molecular complexity index is 695. The highest BCUT2D eigenvalue weighted by Crippen LogP contribution is 2.17. The monoisotopic (exact) mass is 271 g/mol. The number of hydrazine groups is 1. The smallest absolute Gasteiger partial charge is 0.259 e. The molecule has 0 aliphatic rings. The highest BCUT2D eigenvalue weighted by atomic mass is 19.1. The third-order valence-corrected chi connectivity index (χ3v) is 2.53. The van der Waals surface area contributed by atoms with E-state index < -0.39 is 11.7 Å². The summed E-state index contributed by atoms with van der Waals surface area (Å²) in [7, 11) is 0. The van der Waals surface area contributed by atoms with Crippen molar-refractivity contribution in [1.82, 2.24) is 4.98 Å². The summed E-state index contributed by atoms with van der Waals surface area (Å²) >= 11 is 0. The molecular weight excluding hydrogens is 261 g/mol. The van der Waals surface area contributed by atoms with E-state index in [0.29, 0.717) is 5.69 Å². The van der Waals surface area contributed by atoms with Crippen molar-refractivity contribution < 1.29 is 9.18 Å². The van der Waals surface area contributed by atoms with Crippen molar-refractivity contribution in [2.45, 2.75) is 0 Å². The van der Waals surface area contributed by atoms with Gasteiger partial charge in [0.05, 0.1) is 11.1 Å². The van der Waals surface area contributed by atoms with Gasteiger partial charge in [0.1, 0.15) is 11.9 Å². The molecule has 0 fully saturated rings. The van der Waals surface area contributed by atoms with Crippen molar-refractivity contribution in [2.24, 2.45) is 5.84 Å². The number of nitriles is 1. The first-order valence-electron chi connectivity index (χ1n) is 5.58. The van der Waals surface area contributed by atoms with Crippen LogP contribution < -0.4 is 16.6 Å². The molecule has 0 unspecified atom stereocenters. The molecule has 0 radical (unpaired) electrons. The maximum atomic E-state index is 13.2. The summed E-state index contributed by atoms with van der Waals surface area (Å²) in [5.41, 5.74) is 2.70. The largest absolute Gasteiger partial charge is 0.322 e. The molecule has 0 saturated carbocycles. The number of hydrogen-bond donors (Lipinski definition) is 3. The number of aromatic nitrogens is 1. The SMILES string of the molecule is N#Cc1cc(NC(=O)c2cccnc2NN)ccc1F. The first kappa shape index (κ1) is 13.5. The predicted octanol–water partition coefficient (Wildman–Crippen LogP) is 1.63. The molecule has 1 heterocycles. The number of nitrogens with zero attached hydrogens (tertiary/aromatic N) is 2. The zero-order valence-electron chi connectivity index (χ0n) is 10.2. The third-order valence-electron chi connectivity index (χ3n) is 2.53. The van der Waals surface area contributed by atoms with Gasteiger partial charge in [-0.1, -0.05) is 0 Å². The number of carbonyl (C=O) groups is 1. The molecule has 0 bridgehead atoms. The Balaban J connectivity index is 2.26. The highest BCUT2D eigenvalue weighted by molar-refractivity contribution is 6.07. The van der Waals surface area contributed by atoms with Gasteiger partial charge in [0.2, 0.25) is 0 Å². The number of halogens is 1. The number of nitrogens with two attached hydrogens (primary N) is 1. The standard InChI is InChI=1S/C13H10FN5O/c14-11-4-3-9(6-8(11)7-15)18-13(20)10-2-1-5-17-12(10)19-16/h1-6H,16H2,(H,17,19)(H,18,20). The summed E-state index contributed by atoms with van der Waals surface area (Å²) in [6.07, 6.45) is 1.48. The van der Waals surface area contributed by atoms with Crippen LogP contribution in [0.25, 0.3) is 0 Å². The molecule has 0 aliphatic heterocycles. The van der Waals surface area contributed by atoms with Gasteiger partial charge in [-0.2, -0.15) is 5.26 Å². The summed E-state index contributed by atoms with van der Waals surface area (Å²) in [5.74, 6) is 4.36. The van der Waals surface area contributed by atoms with Crippen LogP contribution in [0.5, 0.6) is 0 Å². The molecular formula is C13H10FN5O. The topological polar surface area (TPSA) is 104 Å². The first-order chi connectivity index (χ1) is 9.65. The molecule has 1 aromatic heterocycles. The predicted molar refractivity (Wildman–Crippen MR) is 71.1 cm³/mol. The van der Waals surface area contributed by atoms with Crippen molar-refractivity contribution in [3.63, 3.8) is 0 Å². The van der Waals surface area contributed by atoms with Crippen molar-refractivity contribution in [1.29, 1.82) is 5.26 Å². The highest BCUT2D eigenvalue weighted by Gasteiger charge is 2.12. The minimum absolute atomic E-state index is 0.147. The average molecular weight is 271 g/mol. The molecule has 0 aliphatic carbocycles. The van der Waals surface area contributed by atoms with Gasteiger partial charge in [0.25, 0.3) is 5.91 Å². The van der Waals surface area contributed by atoms with Crippen LogP contribution >= 0.6 is 0 Å². The molecule has 1 aromatic carbocycles. The van der Waals surface area contributed by atoms with Crippen LogP contribution in [-0.2, 0) is 0 Å². The van der Waals surface area contributed by atoms with Crippen molar-refractivity contribution >= 4 is 17.4 Å². The Kier molecular flexibility index (Phi) is 3.88. The number of hydrogen-bond acceptors (Lipinski definition) is 5. The van der Waals surface area contributed by atoms with Crippen LogP contribution in [0.15, 0.2) is 36.5 Å². The van der Waals surface area contributed by atoms with Gasteiger partial charge in [-0.05, 0) is 30.3 Å². The molecule has 0 spiro atoms. The van der Waals surface area contributed by atoms with E-state index >= 15 is 0 Å². The quantitative estimate of drug-likeness (QED) is 0.581. The molecule has 0 saturated heterocycles. The number of rotatable bonds is 3. The van der Waals surface area contributed by atoms with Crippen molar-refractivity contribution in [3.05, 3.63) is 53.5 Å². The third kappa shape index (κ3) is 2.71. The molecule has 20 heavy (non-hydrogen) atoms. The van der Waals surface area contributed by atoms with Gasteiger partial charge in [-0.15, -0.1) is 0 Å². The Labute approximate surface area is 114 Å². The fraction of sp³-hybridized carbons (Fsp3) is 0. The van der Waals surface area contributed by atoms with E-state index in [1.54, 1.807) is 12.1 Å². The lowest BCUT2D eigenvalue weighted by molar-refractivity contribution is 0.102. The number of pyridine rings is 1. The molecule has 0 atom stereocenters. The second-order valence-electron chi connectivity index (χ2n) is 3.80. The van der Waals surface area contributed by atoms with Gasteiger partial charge < -0.3 is 10.7 Å². The van der Waals surface area contributed by atoms with Crippen LogP contribution in [0.4, 0.5) is 15.9 Å². The number of benzene rings is 1. The van der Waals surface area contributed by atoms with Crippen LogP contribution in [-0.4, -0.2) is 10.9 Å².